The van der Waals surface area contributed by atoms with E-state index >= 15 is 0 Å². The minimum atomic E-state index is 0.0704. The molecule has 0 saturated carbocycles. The van der Waals surface area contributed by atoms with Crippen LogP contribution < -0.4 is 5.32 Å². The molecule has 2 unspecified atom stereocenters. The van der Waals surface area contributed by atoms with Crippen molar-refractivity contribution >= 4 is 17.3 Å². The van der Waals surface area contributed by atoms with Crippen LogP contribution in [0, 0.1) is 6.92 Å². The van der Waals surface area contributed by atoms with E-state index in [1.54, 1.807) is 0 Å². The molecule has 0 amide bonds. The first-order valence-corrected chi connectivity index (χ1v) is 9.15. The molecule has 25 heavy (non-hydrogen) atoms. The van der Waals surface area contributed by atoms with Crippen molar-refractivity contribution in [1.82, 2.24) is 24.7 Å². The second-order valence-corrected chi connectivity index (χ2v) is 7.32. The Bertz CT molecular complexity index is 725. The summed E-state index contributed by atoms with van der Waals surface area (Å²) in [4.78, 5) is 9.12. The topological polar surface area (TPSA) is 36.3 Å². The molecule has 1 saturated heterocycles. The molecule has 6 heteroatoms. The Kier molecular flexibility index (Phi) is 5.39. The number of pyridine rings is 1. The summed E-state index contributed by atoms with van der Waals surface area (Å²) in [5.41, 5.74) is 3.55. The first kappa shape index (κ1) is 17.9. The Balaban J connectivity index is 1.93. The maximum atomic E-state index is 5.69. The molecule has 0 aromatic carbocycles. The van der Waals surface area contributed by atoms with Crippen molar-refractivity contribution in [3.63, 3.8) is 0 Å². The highest BCUT2D eigenvalue weighted by molar-refractivity contribution is 7.80. The van der Waals surface area contributed by atoms with Crippen LogP contribution in [0.25, 0.3) is 0 Å². The predicted molar refractivity (Wildman–Crippen MR) is 105 cm³/mol. The Morgan fingerprint density at radius 2 is 2.04 bits per heavy atom. The standard InChI is InChI=1S/C19H27N5S/c1-14-9-10-16(23(14)4)18-17(15-8-5-6-11-20-15)21-19(25)24(18)13-7-12-22(2)3/h5-6,8-11,17-18H,7,12-13H2,1-4H3,(H,21,25). The number of aryl methyl sites for hydroxylation is 1. The summed E-state index contributed by atoms with van der Waals surface area (Å²) in [6, 6.07) is 10.7. The molecule has 134 valence electrons. The molecule has 2 aromatic heterocycles. The molecule has 1 aliphatic rings. The van der Waals surface area contributed by atoms with Crippen molar-refractivity contribution in [2.24, 2.45) is 7.05 Å². The summed E-state index contributed by atoms with van der Waals surface area (Å²) >= 11 is 5.69. The van der Waals surface area contributed by atoms with E-state index in [-0.39, 0.29) is 12.1 Å². The van der Waals surface area contributed by atoms with Crippen molar-refractivity contribution in [3.05, 3.63) is 53.6 Å². The third-order valence-corrected chi connectivity index (χ3v) is 5.27. The quantitative estimate of drug-likeness (QED) is 0.805. The molecule has 0 aliphatic carbocycles. The molecule has 2 atom stereocenters. The first-order valence-electron chi connectivity index (χ1n) is 8.74. The van der Waals surface area contributed by atoms with E-state index in [9.17, 15) is 0 Å². The average molecular weight is 358 g/mol. The Morgan fingerprint density at radius 1 is 1.24 bits per heavy atom. The normalized spacial score (nSPS) is 20.4. The van der Waals surface area contributed by atoms with Crippen LogP contribution in [-0.4, -0.2) is 51.6 Å². The molecule has 3 rings (SSSR count). The zero-order valence-electron chi connectivity index (χ0n) is 15.4. The number of hydrogen-bond acceptors (Lipinski definition) is 3. The number of aromatic nitrogens is 2. The lowest BCUT2D eigenvalue weighted by molar-refractivity contribution is 0.284. The predicted octanol–water partition coefficient (Wildman–Crippen LogP) is 2.65. The van der Waals surface area contributed by atoms with Crippen molar-refractivity contribution in [2.45, 2.75) is 25.4 Å². The van der Waals surface area contributed by atoms with Gasteiger partial charge in [-0.1, -0.05) is 6.07 Å². The zero-order valence-corrected chi connectivity index (χ0v) is 16.3. The van der Waals surface area contributed by atoms with Crippen LogP contribution in [0.4, 0.5) is 0 Å². The van der Waals surface area contributed by atoms with E-state index < -0.39 is 0 Å². The Hall–Kier alpha value is -1.92. The highest BCUT2D eigenvalue weighted by atomic mass is 32.1. The number of nitrogens with one attached hydrogen (secondary N) is 1. The molecule has 1 aliphatic heterocycles. The van der Waals surface area contributed by atoms with Crippen molar-refractivity contribution < 1.29 is 0 Å². The van der Waals surface area contributed by atoms with Gasteiger partial charge in [0.05, 0.1) is 17.8 Å². The lowest BCUT2D eigenvalue weighted by Gasteiger charge is -2.29. The number of thiocarbonyl (C=S) groups is 1. The van der Waals surface area contributed by atoms with Crippen LogP contribution in [0.1, 0.15) is 35.6 Å². The Labute approximate surface area is 155 Å². The third-order valence-electron chi connectivity index (χ3n) is 4.92. The molecule has 0 radical (unpaired) electrons. The molecule has 2 aromatic rings. The summed E-state index contributed by atoms with van der Waals surface area (Å²) in [5.74, 6) is 0. The summed E-state index contributed by atoms with van der Waals surface area (Å²) in [6.07, 6.45) is 2.92. The fourth-order valence-electron chi connectivity index (χ4n) is 3.46. The maximum absolute atomic E-state index is 5.69. The van der Waals surface area contributed by atoms with E-state index in [1.807, 2.05) is 18.3 Å². The second kappa shape index (κ2) is 7.54. The molecule has 1 fully saturated rings. The van der Waals surface area contributed by atoms with Gasteiger partial charge in [-0.2, -0.15) is 0 Å². The highest BCUT2D eigenvalue weighted by Gasteiger charge is 2.40. The number of nitrogens with zero attached hydrogens (tertiary/aromatic N) is 4. The van der Waals surface area contributed by atoms with Gasteiger partial charge in [0.1, 0.15) is 0 Å². The maximum Gasteiger partial charge on any atom is 0.170 e. The van der Waals surface area contributed by atoms with Gasteiger partial charge in [0.15, 0.2) is 5.11 Å². The van der Waals surface area contributed by atoms with E-state index in [4.69, 9.17) is 12.2 Å². The van der Waals surface area contributed by atoms with E-state index in [1.165, 1.54) is 11.4 Å². The highest BCUT2D eigenvalue weighted by Crippen LogP contribution is 2.38. The summed E-state index contributed by atoms with van der Waals surface area (Å²) in [6.45, 7) is 4.12. The van der Waals surface area contributed by atoms with Gasteiger partial charge in [-0.05, 0) is 70.5 Å². The molecule has 0 bridgehead atoms. The molecular weight excluding hydrogens is 330 g/mol. The van der Waals surface area contributed by atoms with Crippen molar-refractivity contribution in [3.8, 4) is 0 Å². The molecular formula is C19H27N5S. The summed E-state index contributed by atoms with van der Waals surface area (Å²) in [7, 11) is 6.34. The van der Waals surface area contributed by atoms with Crippen molar-refractivity contribution in [2.75, 3.05) is 27.2 Å². The van der Waals surface area contributed by atoms with Crippen LogP contribution in [-0.2, 0) is 7.05 Å². The van der Waals surface area contributed by atoms with E-state index in [2.05, 4.69) is 70.9 Å². The largest absolute Gasteiger partial charge is 0.352 e. The number of hydrogen-bond donors (Lipinski definition) is 1. The van der Waals surface area contributed by atoms with Crippen LogP contribution in [0.2, 0.25) is 0 Å². The van der Waals surface area contributed by atoms with Gasteiger partial charge in [0, 0.05) is 31.2 Å². The molecule has 0 spiro atoms. The van der Waals surface area contributed by atoms with Crippen LogP contribution in [0.3, 0.4) is 0 Å². The minimum absolute atomic E-state index is 0.0704. The van der Waals surface area contributed by atoms with E-state index in [0.29, 0.717) is 0 Å². The monoisotopic (exact) mass is 357 g/mol. The van der Waals surface area contributed by atoms with Gasteiger partial charge < -0.3 is 19.7 Å². The van der Waals surface area contributed by atoms with Crippen LogP contribution in [0.5, 0.6) is 0 Å². The average Bonchev–Trinajstić information content (AvgIpc) is 3.09. The van der Waals surface area contributed by atoms with Gasteiger partial charge in [-0.25, -0.2) is 0 Å². The van der Waals surface area contributed by atoms with Crippen LogP contribution in [0.15, 0.2) is 36.5 Å². The number of rotatable bonds is 6. The molecule has 5 nitrogen and oxygen atoms in total. The van der Waals surface area contributed by atoms with Gasteiger partial charge in [-0.3, -0.25) is 4.98 Å². The van der Waals surface area contributed by atoms with Gasteiger partial charge in [-0.15, -0.1) is 0 Å². The first-order chi connectivity index (χ1) is 12.0. The fourth-order valence-corrected chi connectivity index (χ4v) is 3.79. The van der Waals surface area contributed by atoms with Gasteiger partial charge in [0.2, 0.25) is 0 Å². The van der Waals surface area contributed by atoms with Gasteiger partial charge in [0.25, 0.3) is 0 Å². The zero-order chi connectivity index (χ0) is 18.0. The fraction of sp³-hybridized carbons (Fsp3) is 0.474. The third kappa shape index (κ3) is 3.70. The molecule has 3 heterocycles. The minimum Gasteiger partial charge on any atom is -0.352 e. The summed E-state index contributed by atoms with van der Waals surface area (Å²) in [5, 5.41) is 4.33. The lowest BCUT2D eigenvalue weighted by Crippen LogP contribution is -2.33. The van der Waals surface area contributed by atoms with Crippen LogP contribution >= 0.6 is 12.2 Å². The second-order valence-electron chi connectivity index (χ2n) is 6.94. The van der Waals surface area contributed by atoms with Gasteiger partial charge >= 0.3 is 0 Å². The smallest absolute Gasteiger partial charge is 0.170 e. The van der Waals surface area contributed by atoms with E-state index in [0.717, 1.165) is 30.3 Å². The molecule has 1 N–H and O–H groups in total. The SMILES string of the molecule is Cc1ccc(C2C(c3ccccn3)NC(=S)N2CCCN(C)C)n1C. The van der Waals surface area contributed by atoms with Crippen molar-refractivity contribution in [1.29, 1.82) is 0 Å². The Morgan fingerprint density at radius 3 is 2.64 bits per heavy atom. The summed E-state index contributed by atoms with van der Waals surface area (Å²) < 4.78 is 2.26. The lowest BCUT2D eigenvalue weighted by atomic mass is 10.0.